The summed E-state index contributed by atoms with van der Waals surface area (Å²) in [6, 6.07) is 1.23. The van der Waals surface area contributed by atoms with Crippen LogP contribution in [0, 0.1) is 22.5 Å². The summed E-state index contributed by atoms with van der Waals surface area (Å²) in [4.78, 5) is 13.8. The molecule has 0 aromatic carbocycles. The van der Waals surface area contributed by atoms with Crippen LogP contribution >= 0.6 is 11.6 Å². The van der Waals surface area contributed by atoms with Crippen LogP contribution in [0.15, 0.2) is 12.3 Å². The number of halogens is 1. The minimum atomic E-state index is -0.618. The third kappa shape index (κ3) is 2.84. The fourth-order valence-corrected chi connectivity index (χ4v) is 1.16. The Kier molecular flexibility index (Phi) is 3.35. The molecule has 0 radical (unpaired) electrons. The molecule has 0 bridgehead atoms. The van der Waals surface area contributed by atoms with Crippen LogP contribution < -0.4 is 5.32 Å². The summed E-state index contributed by atoms with van der Waals surface area (Å²) in [7, 11) is 0. The van der Waals surface area contributed by atoms with E-state index < -0.39 is 10.5 Å². The highest BCUT2D eigenvalue weighted by atomic mass is 35.5. The van der Waals surface area contributed by atoms with Crippen molar-refractivity contribution in [3.63, 3.8) is 0 Å². The van der Waals surface area contributed by atoms with Crippen molar-refractivity contribution in [2.75, 3.05) is 5.32 Å². The van der Waals surface area contributed by atoms with Crippen LogP contribution in [0.25, 0.3) is 0 Å². The van der Waals surface area contributed by atoms with Crippen LogP contribution in [0.5, 0.6) is 0 Å². The van der Waals surface area contributed by atoms with Gasteiger partial charge in [-0.3, -0.25) is 10.1 Å². The Morgan fingerprint density at radius 1 is 1.69 bits per heavy atom. The maximum absolute atomic E-state index is 10.5. The number of rotatable bonds is 3. The minimum absolute atomic E-state index is 0.158. The largest absolute Gasteiger partial charge is 0.353 e. The molecule has 0 atom stereocenters. The van der Waals surface area contributed by atoms with Gasteiger partial charge in [-0.2, -0.15) is 0 Å². The molecular formula is C10H10ClN3O2. The van der Waals surface area contributed by atoms with E-state index in [2.05, 4.69) is 16.2 Å². The number of nitrogens with one attached hydrogen (secondary N) is 1. The molecule has 0 unspecified atom stereocenters. The van der Waals surface area contributed by atoms with Crippen molar-refractivity contribution in [3.05, 3.63) is 27.4 Å². The average molecular weight is 240 g/mol. The molecule has 0 saturated heterocycles. The molecule has 1 N–H and O–H groups in total. The Morgan fingerprint density at radius 3 is 2.75 bits per heavy atom. The standard InChI is InChI=1S/C10H10ClN3O2/c1-4-10(2,3)13-9-8(11)5-7(6-12-9)14(15)16/h1,5-6H,2-3H3,(H,12,13). The fraction of sp³-hybridized carbons (Fsp3) is 0.300. The molecular weight excluding hydrogens is 230 g/mol. The average Bonchev–Trinajstić information content (AvgIpc) is 2.20. The summed E-state index contributed by atoms with van der Waals surface area (Å²) in [6.07, 6.45) is 6.42. The maximum atomic E-state index is 10.5. The molecule has 5 nitrogen and oxygen atoms in total. The molecule has 16 heavy (non-hydrogen) atoms. The van der Waals surface area contributed by atoms with E-state index in [1.807, 2.05) is 0 Å². The SMILES string of the molecule is C#CC(C)(C)Nc1ncc([N+](=O)[O-])cc1Cl. The monoisotopic (exact) mass is 239 g/mol. The summed E-state index contributed by atoms with van der Waals surface area (Å²) >= 11 is 5.84. The van der Waals surface area contributed by atoms with Gasteiger partial charge in [-0.25, -0.2) is 4.98 Å². The van der Waals surface area contributed by atoms with Crippen molar-refractivity contribution in [1.29, 1.82) is 0 Å². The van der Waals surface area contributed by atoms with Gasteiger partial charge in [0.25, 0.3) is 5.69 Å². The molecule has 0 aliphatic carbocycles. The Morgan fingerprint density at radius 2 is 2.31 bits per heavy atom. The molecule has 0 saturated carbocycles. The smallest absolute Gasteiger partial charge is 0.289 e. The first-order chi connectivity index (χ1) is 7.35. The van der Waals surface area contributed by atoms with E-state index in [1.54, 1.807) is 13.8 Å². The van der Waals surface area contributed by atoms with Crippen LogP contribution in [-0.2, 0) is 0 Å². The zero-order valence-corrected chi connectivity index (χ0v) is 9.58. The molecule has 1 rings (SSSR count). The highest BCUT2D eigenvalue weighted by Crippen LogP contribution is 2.25. The van der Waals surface area contributed by atoms with Crippen molar-refractivity contribution in [2.24, 2.45) is 0 Å². The van der Waals surface area contributed by atoms with Gasteiger partial charge in [0.1, 0.15) is 12.0 Å². The first-order valence-electron chi connectivity index (χ1n) is 4.41. The number of aromatic nitrogens is 1. The summed E-state index contributed by atoms with van der Waals surface area (Å²) in [5.74, 6) is 2.84. The molecule has 6 heteroatoms. The molecule has 0 aliphatic rings. The lowest BCUT2D eigenvalue weighted by Crippen LogP contribution is -2.29. The molecule has 0 amide bonds. The maximum Gasteiger partial charge on any atom is 0.289 e. The van der Waals surface area contributed by atoms with E-state index in [9.17, 15) is 10.1 Å². The zero-order chi connectivity index (χ0) is 12.3. The minimum Gasteiger partial charge on any atom is -0.353 e. The second-order valence-corrected chi connectivity index (χ2v) is 4.08. The van der Waals surface area contributed by atoms with Gasteiger partial charge in [0, 0.05) is 6.07 Å². The van der Waals surface area contributed by atoms with Crippen LogP contribution in [0.3, 0.4) is 0 Å². The van der Waals surface area contributed by atoms with E-state index in [-0.39, 0.29) is 10.7 Å². The van der Waals surface area contributed by atoms with Gasteiger partial charge in [0.05, 0.1) is 15.5 Å². The van der Waals surface area contributed by atoms with E-state index >= 15 is 0 Å². The molecule has 0 fully saturated rings. The van der Waals surface area contributed by atoms with Crippen LogP contribution in [0.2, 0.25) is 5.02 Å². The second kappa shape index (κ2) is 4.37. The van der Waals surface area contributed by atoms with Crippen LogP contribution in [-0.4, -0.2) is 15.4 Å². The van der Waals surface area contributed by atoms with Gasteiger partial charge in [-0.1, -0.05) is 17.5 Å². The zero-order valence-electron chi connectivity index (χ0n) is 8.82. The highest BCUT2D eigenvalue weighted by molar-refractivity contribution is 6.33. The first-order valence-corrected chi connectivity index (χ1v) is 4.79. The normalized spacial score (nSPS) is 10.6. The van der Waals surface area contributed by atoms with Gasteiger partial charge in [0.15, 0.2) is 0 Å². The lowest BCUT2D eigenvalue weighted by molar-refractivity contribution is -0.385. The predicted molar refractivity (Wildman–Crippen MR) is 62.4 cm³/mol. The van der Waals surface area contributed by atoms with Gasteiger partial charge in [-0.05, 0) is 13.8 Å². The number of pyridine rings is 1. The topological polar surface area (TPSA) is 68.1 Å². The fourth-order valence-electron chi connectivity index (χ4n) is 0.952. The summed E-state index contributed by atoms with van der Waals surface area (Å²) in [6.45, 7) is 3.54. The number of nitrogens with zero attached hydrogens (tertiary/aromatic N) is 2. The summed E-state index contributed by atoms with van der Waals surface area (Å²) in [5, 5.41) is 13.5. The van der Waals surface area contributed by atoms with E-state index in [1.165, 1.54) is 6.07 Å². The van der Waals surface area contributed by atoms with Crippen molar-refractivity contribution in [2.45, 2.75) is 19.4 Å². The number of terminal acetylenes is 1. The van der Waals surface area contributed by atoms with E-state index in [0.717, 1.165) is 6.20 Å². The third-order valence-electron chi connectivity index (χ3n) is 1.83. The Hall–Kier alpha value is -1.80. The highest BCUT2D eigenvalue weighted by Gasteiger charge is 2.17. The van der Waals surface area contributed by atoms with E-state index in [0.29, 0.717) is 5.82 Å². The molecule has 1 aromatic rings. The Balaban J connectivity index is 3.02. The van der Waals surface area contributed by atoms with Gasteiger partial charge < -0.3 is 5.32 Å². The number of hydrogen-bond donors (Lipinski definition) is 1. The third-order valence-corrected chi connectivity index (χ3v) is 2.12. The first kappa shape index (κ1) is 12.3. The van der Waals surface area contributed by atoms with Crippen molar-refractivity contribution >= 4 is 23.1 Å². The Labute approximate surface area is 98.0 Å². The molecule has 0 spiro atoms. The van der Waals surface area contributed by atoms with E-state index in [4.69, 9.17) is 18.0 Å². The predicted octanol–water partition coefficient (Wildman–Crippen LogP) is 2.47. The second-order valence-electron chi connectivity index (χ2n) is 3.68. The van der Waals surface area contributed by atoms with Crippen LogP contribution in [0.4, 0.5) is 11.5 Å². The van der Waals surface area contributed by atoms with Crippen molar-refractivity contribution in [1.82, 2.24) is 4.98 Å². The molecule has 0 aliphatic heterocycles. The molecule has 1 heterocycles. The number of nitro groups is 1. The quantitative estimate of drug-likeness (QED) is 0.500. The van der Waals surface area contributed by atoms with Crippen LogP contribution in [0.1, 0.15) is 13.8 Å². The van der Waals surface area contributed by atoms with Gasteiger partial charge >= 0.3 is 0 Å². The summed E-state index contributed by atoms with van der Waals surface area (Å²) < 4.78 is 0. The number of anilines is 1. The Bertz CT molecular complexity index is 466. The summed E-state index contributed by atoms with van der Waals surface area (Å²) in [5.41, 5.74) is -0.777. The molecule has 84 valence electrons. The number of hydrogen-bond acceptors (Lipinski definition) is 4. The van der Waals surface area contributed by atoms with Gasteiger partial charge in [-0.15, -0.1) is 6.42 Å². The lowest BCUT2D eigenvalue weighted by Gasteiger charge is -2.20. The van der Waals surface area contributed by atoms with Gasteiger partial charge in [0.2, 0.25) is 0 Å². The molecule has 1 aromatic heterocycles. The lowest BCUT2D eigenvalue weighted by atomic mass is 10.1. The van der Waals surface area contributed by atoms with Crippen molar-refractivity contribution < 1.29 is 4.92 Å². The van der Waals surface area contributed by atoms with Crippen molar-refractivity contribution in [3.8, 4) is 12.3 Å².